The minimum absolute atomic E-state index is 0.187. The molecule has 34 heavy (non-hydrogen) atoms. The van der Waals surface area contributed by atoms with Gasteiger partial charge in [0.15, 0.2) is 0 Å². The Morgan fingerprint density at radius 3 is 2.47 bits per heavy atom. The van der Waals surface area contributed by atoms with E-state index in [1.165, 1.54) is 27.8 Å². The second-order valence-corrected chi connectivity index (χ2v) is 10.4. The van der Waals surface area contributed by atoms with E-state index >= 15 is 0 Å². The number of hydrogen-bond donors (Lipinski definition) is 0. The Morgan fingerprint density at radius 1 is 0.941 bits per heavy atom. The zero-order chi connectivity index (χ0) is 23.1. The van der Waals surface area contributed by atoms with Gasteiger partial charge in [-0.15, -0.1) is 0 Å². The average Bonchev–Trinajstić information content (AvgIpc) is 3.22. The number of piperidine rings is 1. The fraction of sp³-hybridized carbons (Fsp3) is 0.483. The molecule has 0 N–H and O–H groups in total. The zero-order valence-corrected chi connectivity index (χ0v) is 20.2. The van der Waals surface area contributed by atoms with E-state index in [4.69, 9.17) is 4.74 Å². The summed E-state index contributed by atoms with van der Waals surface area (Å²) in [5.41, 5.74) is 6.06. The molecule has 0 saturated carbocycles. The van der Waals surface area contributed by atoms with Crippen molar-refractivity contribution < 1.29 is 9.53 Å². The van der Waals surface area contributed by atoms with Crippen LogP contribution in [0.1, 0.15) is 54.2 Å². The number of nitrogens with zero attached hydrogens (tertiary/aromatic N) is 3. The van der Waals surface area contributed by atoms with Crippen LogP contribution in [0.15, 0.2) is 48.5 Å². The molecule has 2 aromatic carbocycles. The van der Waals surface area contributed by atoms with Crippen LogP contribution in [0.2, 0.25) is 0 Å². The normalized spacial score (nSPS) is 20.6. The molecule has 1 amide bonds. The first-order chi connectivity index (χ1) is 16.7. The van der Waals surface area contributed by atoms with Crippen LogP contribution < -0.4 is 0 Å². The van der Waals surface area contributed by atoms with E-state index in [-0.39, 0.29) is 5.91 Å². The van der Waals surface area contributed by atoms with Crippen molar-refractivity contribution in [2.45, 2.75) is 51.6 Å². The maximum absolute atomic E-state index is 13.4. The standard InChI is InChI=1S/C29H35N3O2/c1-21-9-14-30(15-10-21)29(33)22-7-8-27-25(19-22)26-20-31(23-12-17-34-18-13-23)16-11-28(26)32(27)24-5-3-2-4-6-24/h2-8,19,21,23H,9-18,20H2,1H3. The molecule has 0 radical (unpaired) electrons. The summed E-state index contributed by atoms with van der Waals surface area (Å²) in [6, 6.07) is 17.7. The van der Waals surface area contributed by atoms with E-state index in [1.54, 1.807) is 0 Å². The SMILES string of the molecule is CC1CCN(C(=O)c2ccc3c(c2)c2c(n3-c3ccccc3)CCN(C3CCOCC3)C2)CC1. The molecule has 2 fully saturated rings. The number of rotatable bonds is 3. The lowest BCUT2D eigenvalue weighted by Gasteiger charge is -2.37. The van der Waals surface area contributed by atoms with Crippen LogP contribution in [-0.4, -0.2) is 59.2 Å². The fourth-order valence-electron chi connectivity index (χ4n) is 6.14. The number of carbonyl (C=O) groups excluding carboxylic acids is 1. The van der Waals surface area contributed by atoms with E-state index in [9.17, 15) is 4.79 Å². The zero-order valence-electron chi connectivity index (χ0n) is 20.2. The van der Waals surface area contributed by atoms with Crippen LogP contribution in [0, 0.1) is 5.92 Å². The number of amides is 1. The second kappa shape index (κ2) is 9.20. The topological polar surface area (TPSA) is 37.7 Å². The van der Waals surface area contributed by atoms with Gasteiger partial charge in [0.05, 0.1) is 5.52 Å². The highest BCUT2D eigenvalue weighted by Gasteiger charge is 2.30. The predicted molar refractivity (Wildman–Crippen MR) is 136 cm³/mol. The highest BCUT2D eigenvalue weighted by Crippen LogP contribution is 2.36. The minimum atomic E-state index is 0.187. The molecular weight excluding hydrogens is 422 g/mol. The van der Waals surface area contributed by atoms with Crippen LogP contribution in [-0.2, 0) is 17.7 Å². The third-order valence-electron chi connectivity index (χ3n) is 8.22. The Balaban J connectivity index is 1.41. The molecule has 2 saturated heterocycles. The van der Waals surface area contributed by atoms with Gasteiger partial charge in [-0.25, -0.2) is 0 Å². The second-order valence-electron chi connectivity index (χ2n) is 10.4. The molecule has 0 bridgehead atoms. The van der Waals surface area contributed by atoms with Gasteiger partial charge in [0.2, 0.25) is 0 Å². The molecule has 178 valence electrons. The van der Waals surface area contributed by atoms with Gasteiger partial charge in [0.25, 0.3) is 5.91 Å². The molecule has 6 rings (SSSR count). The number of fused-ring (bicyclic) bond motifs is 3. The van der Waals surface area contributed by atoms with Crippen molar-refractivity contribution in [2.24, 2.45) is 5.92 Å². The summed E-state index contributed by atoms with van der Waals surface area (Å²) in [5.74, 6) is 0.904. The lowest BCUT2D eigenvalue weighted by atomic mass is 9.97. The molecule has 3 aliphatic rings. The highest BCUT2D eigenvalue weighted by molar-refractivity contribution is 5.99. The maximum atomic E-state index is 13.4. The lowest BCUT2D eigenvalue weighted by Crippen LogP contribution is -2.42. The van der Waals surface area contributed by atoms with Crippen LogP contribution >= 0.6 is 0 Å². The van der Waals surface area contributed by atoms with Crippen molar-refractivity contribution in [1.82, 2.24) is 14.4 Å². The van der Waals surface area contributed by atoms with Crippen LogP contribution in [0.5, 0.6) is 0 Å². The molecular formula is C29H35N3O2. The summed E-state index contributed by atoms with van der Waals surface area (Å²) < 4.78 is 8.06. The first-order valence-corrected chi connectivity index (χ1v) is 13.0. The van der Waals surface area contributed by atoms with Gasteiger partial charge in [-0.05, 0) is 67.5 Å². The van der Waals surface area contributed by atoms with Crippen LogP contribution in [0.25, 0.3) is 16.6 Å². The molecule has 3 aromatic rings. The van der Waals surface area contributed by atoms with E-state index in [1.807, 2.05) is 6.07 Å². The van der Waals surface area contributed by atoms with Crippen molar-refractivity contribution in [2.75, 3.05) is 32.8 Å². The Bertz CT molecular complexity index is 1170. The predicted octanol–water partition coefficient (Wildman–Crippen LogP) is 5.04. The number of benzene rings is 2. The molecule has 3 aliphatic heterocycles. The Kier molecular flexibility index (Phi) is 5.92. The molecule has 5 nitrogen and oxygen atoms in total. The summed E-state index contributed by atoms with van der Waals surface area (Å²) in [6.07, 6.45) is 5.47. The molecule has 0 unspecified atom stereocenters. The Hall–Kier alpha value is -2.63. The largest absolute Gasteiger partial charge is 0.381 e. The highest BCUT2D eigenvalue weighted by atomic mass is 16.5. The van der Waals surface area contributed by atoms with Crippen LogP contribution in [0.4, 0.5) is 0 Å². The van der Waals surface area contributed by atoms with Gasteiger partial charge in [0.1, 0.15) is 0 Å². The lowest BCUT2D eigenvalue weighted by molar-refractivity contribution is 0.0290. The van der Waals surface area contributed by atoms with Crippen molar-refractivity contribution in [3.8, 4) is 5.69 Å². The minimum Gasteiger partial charge on any atom is -0.381 e. The van der Waals surface area contributed by atoms with Crippen molar-refractivity contribution in [3.05, 3.63) is 65.4 Å². The summed E-state index contributed by atoms with van der Waals surface area (Å²) >= 11 is 0. The third kappa shape index (κ3) is 3.95. The van der Waals surface area contributed by atoms with E-state index in [2.05, 4.69) is 63.8 Å². The Morgan fingerprint density at radius 2 is 1.71 bits per heavy atom. The summed E-state index contributed by atoms with van der Waals surface area (Å²) in [5, 5.41) is 1.24. The first kappa shape index (κ1) is 21.9. The molecule has 0 spiro atoms. The van der Waals surface area contributed by atoms with Crippen molar-refractivity contribution in [1.29, 1.82) is 0 Å². The Labute approximate surface area is 202 Å². The first-order valence-electron chi connectivity index (χ1n) is 13.0. The van der Waals surface area contributed by atoms with Crippen molar-refractivity contribution in [3.63, 3.8) is 0 Å². The number of para-hydroxylation sites is 1. The van der Waals surface area contributed by atoms with Gasteiger partial charge in [-0.2, -0.15) is 0 Å². The fourth-order valence-corrected chi connectivity index (χ4v) is 6.14. The number of hydrogen-bond acceptors (Lipinski definition) is 3. The van der Waals surface area contributed by atoms with Gasteiger partial charge in [-0.1, -0.05) is 25.1 Å². The number of likely N-dealkylation sites (tertiary alicyclic amines) is 1. The molecule has 0 aliphatic carbocycles. The molecule has 4 heterocycles. The van der Waals surface area contributed by atoms with Gasteiger partial charge in [0, 0.05) is 74.2 Å². The molecule has 1 aromatic heterocycles. The molecule has 0 atom stereocenters. The summed E-state index contributed by atoms with van der Waals surface area (Å²) in [4.78, 5) is 18.1. The van der Waals surface area contributed by atoms with Crippen molar-refractivity contribution >= 4 is 16.8 Å². The van der Waals surface area contributed by atoms with E-state index in [0.717, 1.165) is 83.0 Å². The quantitative estimate of drug-likeness (QED) is 0.553. The van der Waals surface area contributed by atoms with Gasteiger partial charge < -0.3 is 14.2 Å². The van der Waals surface area contributed by atoms with E-state index in [0.29, 0.717) is 6.04 Å². The number of aromatic nitrogens is 1. The van der Waals surface area contributed by atoms with Gasteiger partial charge in [-0.3, -0.25) is 9.69 Å². The average molecular weight is 458 g/mol. The molecule has 5 heteroatoms. The van der Waals surface area contributed by atoms with E-state index < -0.39 is 0 Å². The monoisotopic (exact) mass is 457 g/mol. The van der Waals surface area contributed by atoms with Crippen LogP contribution in [0.3, 0.4) is 0 Å². The smallest absolute Gasteiger partial charge is 0.253 e. The summed E-state index contributed by atoms with van der Waals surface area (Å²) in [7, 11) is 0. The van der Waals surface area contributed by atoms with Gasteiger partial charge >= 0.3 is 0 Å². The maximum Gasteiger partial charge on any atom is 0.253 e. The number of carbonyl (C=O) groups is 1. The third-order valence-corrected chi connectivity index (χ3v) is 8.22. The number of ether oxygens (including phenoxy) is 1. The summed E-state index contributed by atoms with van der Waals surface area (Å²) in [6.45, 7) is 7.81.